The van der Waals surface area contributed by atoms with Gasteiger partial charge in [-0.2, -0.15) is 0 Å². The number of nitrogens with one attached hydrogen (secondary N) is 1. The van der Waals surface area contributed by atoms with E-state index in [0.29, 0.717) is 10.8 Å². The number of aromatic nitrogens is 1. The van der Waals surface area contributed by atoms with Crippen molar-refractivity contribution in [2.24, 2.45) is 0 Å². The van der Waals surface area contributed by atoms with Crippen LogP contribution in [0.15, 0.2) is 29.9 Å². The minimum atomic E-state index is 0.643. The molecule has 0 radical (unpaired) electrons. The highest BCUT2D eigenvalue weighted by Crippen LogP contribution is 2.24. The smallest absolute Gasteiger partial charge is 0.137 e. The summed E-state index contributed by atoms with van der Waals surface area (Å²) in [6.07, 6.45) is 1.87. The molecule has 0 unspecified atom stereocenters. The summed E-state index contributed by atoms with van der Waals surface area (Å²) in [4.78, 5) is 5.25. The van der Waals surface area contributed by atoms with Gasteiger partial charge in [0.05, 0.1) is 17.6 Å². The second-order valence-electron chi connectivity index (χ2n) is 3.54. The summed E-state index contributed by atoms with van der Waals surface area (Å²) in [5.41, 5.74) is 2.97. The van der Waals surface area contributed by atoms with Crippen LogP contribution in [0.2, 0.25) is 5.02 Å². The number of methoxy groups -OCH3 is 1. The van der Waals surface area contributed by atoms with Crippen LogP contribution in [0.4, 0.5) is 0 Å². The molecule has 0 fully saturated rings. The van der Waals surface area contributed by atoms with Gasteiger partial charge >= 0.3 is 0 Å². The van der Waals surface area contributed by atoms with Gasteiger partial charge in [0.15, 0.2) is 0 Å². The molecular formula is C12H13ClN2OS. The third-order valence-corrected chi connectivity index (χ3v) is 3.40. The second-order valence-corrected chi connectivity index (χ2v) is 4.92. The van der Waals surface area contributed by atoms with E-state index in [1.807, 2.05) is 29.9 Å². The molecule has 1 aromatic heterocycles. The topological polar surface area (TPSA) is 34.1 Å². The van der Waals surface area contributed by atoms with Gasteiger partial charge < -0.3 is 10.1 Å². The van der Waals surface area contributed by atoms with E-state index >= 15 is 0 Å². The summed E-state index contributed by atoms with van der Waals surface area (Å²) in [5.74, 6) is 0.706. The van der Waals surface area contributed by atoms with Crippen LogP contribution >= 0.6 is 22.9 Å². The third-order valence-electron chi connectivity index (χ3n) is 2.33. The fourth-order valence-corrected chi connectivity index (χ4v) is 2.32. The summed E-state index contributed by atoms with van der Waals surface area (Å²) in [6.45, 7) is 1.61. The lowest BCUT2D eigenvalue weighted by atomic mass is 10.2. The number of rotatable bonds is 5. The van der Waals surface area contributed by atoms with Gasteiger partial charge in [-0.3, -0.25) is 4.98 Å². The fourth-order valence-electron chi connectivity index (χ4n) is 1.48. The summed E-state index contributed by atoms with van der Waals surface area (Å²) in [7, 11) is 1.61. The first kappa shape index (κ1) is 12.4. The maximum atomic E-state index is 6.05. The van der Waals surface area contributed by atoms with E-state index in [4.69, 9.17) is 16.3 Å². The molecule has 0 saturated carbocycles. The molecular weight excluding hydrogens is 256 g/mol. The molecule has 0 aliphatic rings. The molecule has 0 spiro atoms. The first-order valence-electron chi connectivity index (χ1n) is 5.20. The molecule has 1 N–H and O–H groups in total. The van der Waals surface area contributed by atoms with Gasteiger partial charge in [0.1, 0.15) is 5.75 Å². The predicted octanol–water partition coefficient (Wildman–Crippen LogP) is 3.09. The van der Waals surface area contributed by atoms with E-state index in [1.54, 1.807) is 18.4 Å². The van der Waals surface area contributed by atoms with Gasteiger partial charge in [-0.25, -0.2) is 0 Å². The van der Waals surface area contributed by atoms with Crippen LogP contribution in [0.3, 0.4) is 0 Å². The van der Waals surface area contributed by atoms with Crippen LogP contribution in [-0.4, -0.2) is 12.1 Å². The van der Waals surface area contributed by atoms with Gasteiger partial charge in [0.25, 0.3) is 0 Å². The maximum Gasteiger partial charge on any atom is 0.137 e. The highest BCUT2D eigenvalue weighted by Gasteiger charge is 2.01. The zero-order valence-corrected chi connectivity index (χ0v) is 11.0. The summed E-state index contributed by atoms with van der Waals surface area (Å²) >= 11 is 7.69. The van der Waals surface area contributed by atoms with Gasteiger partial charge in [0.2, 0.25) is 0 Å². The van der Waals surface area contributed by atoms with Crippen LogP contribution < -0.4 is 10.1 Å². The van der Waals surface area contributed by atoms with Crippen LogP contribution in [0.5, 0.6) is 5.75 Å². The van der Waals surface area contributed by atoms with E-state index in [0.717, 1.165) is 18.7 Å². The number of thiazole rings is 1. The minimum Gasteiger partial charge on any atom is -0.495 e. The van der Waals surface area contributed by atoms with Crippen molar-refractivity contribution in [3.8, 4) is 5.75 Å². The zero-order chi connectivity index (χ0) is 12.1. The lowest BCUT2D eigenvalue weighted by Gasteiger charge is -2.06. The average Bonchev–Trinajstić information content (AvgIpc) is 2.82. The Morgan fingerprint density at radius 1 is 1.41 bits per heavy atom. The fraction of sp³-hybridized carbons (Fsp3) is 0.250. The number of hydrogen-bond donors (Lipinski definition) is 1. The van der Waals surface area contributed by atoms with Gasteiger partial charge in [-0.1, -0.05) is 17.7 Å². The Morgan fingerprint density at radius 3 is 2.94 bits per heavy atom. The zero-order valence-electron chi connectivity index (χ0n) is 9.44. The number of benzene rings is 1. The van der Waals surface area contributed by atoms with Gasteiger partial charge in [-0.05, 0) is 17.7 Å². The quantitative estimate of drug-likeness (QED) is 0.905. The Morgan fingerprint density at radius 2 is 2.29 bits per heavy atom. The van der Waals surface area contributed by atoms with Crippen molar-refractivity contribution in [3.63, 3.8) is 0 Å². The molecule has 0 atom stereocenters. The first-order chi connectivity index (χ1) is 8.29. The van der Waals surface area contributed by atoms with Crippen molar-refractivity contribution < 1.29 is 4.74 Å². The molecule has 2 aromatic rings. The van der Waals surface area contributed by atoms with Gasteiger partial charge in [0, 0.05) is 24.2 Å². The predicted molar refractivity (Wildman–Crippen MR) is 70.7 cm³/mol. The van der Waals surface area contributed by atoms with E-state index in [1.165, 1.54) is 4.88 Å². The SMILES string of the molecule is COc1ccc(CNCc2cncs2)cc1Cl. The van der Waals surface area contributed by atoms with Crippen molar-refractivity contribution in [3.05, 3.63) is 45.4 Å². The molecule has 0 amide bonds. The lowest BCUT2D eigenvalue weighted by Crippen LogP contribution is -2.11. The van der Waals surface area contributed by atoms with Crippen molar-refractivity contribution in [1.29, 1.82) is 0 Å². The molecule has 2 rings (SSSR count). The highest BCUT2D eigenvalue weighted by molar-refractivity contribution is 7.09. The van der Waals surface area contributed by atoms with Crippen molar-refractivity contribution >= 4 is 22.9 Å². The van der Waals surface area contributed by atoms with Crippen molar-refractivity contribution in [1.82, 2.24) is 10.3 Å². The van der Waals surface area contributed by atoms with Crippen LogP contribution in [0, 0.1) is 0 Å². The van der Waals surface area contributed by atoms with E-state index in [2.05, 4.69) is 10.3 Å². The molecule has 17 heavy (non-hydrogen) atoms. The standard InChI is InChI=1S/C12H13ClN2OS/c1-16-12-3-2-9(4-11(12)13)5-14-6-10-7-15-8-17-10/h2-4,7-8,14H,5-6H2,1H3. The van der Waals surface area contributed by atoms with E-state index in [-0.39, 0.29) is 0 Å². The third kappa shape index (κ3) is 3.43. The summed E-state index contributed by atoms with van der Waals surface area (Å²) in [6, 6.07) is 5.80. The summed E-state index contributed by atoms with van der Waals surface area (Å²) < 4.78 is 5.10. The minimum absolute atomic E-state index is 0.643. The van der Waals surface area contributed by atoms with Crippen molar-refractivity contribution in [2.75, 3.05) is 7.11 Å². The first-order valence-corrected chi connectivity index (χ1v) is 6.46. The maximum absolute atomic E-state index is 6.05. The lowest BCUT2D eigenvalue weighted by molar-refractivity contribution is 0.415. The summed E-state index contributed by atoms with van der Waals surface area (Å²) in [5, 5.41) is 3.98. The monoisotopic (exact) mass is 268 g/mol. The average molecular weight is 269 g/mol. The molecule has 90 valence electrons. The van der Waals surface area contributed by atoms with Crippen molar-refractivity contribution in [2.45, 2.75) is 13.1 Å². The Hall–Kier alpha value is -1.10. The second kappa shape index (κ2) is 6.00. The number of hydrogen-bond acceptors (Lipinski definition) is 4. The van der Waals surface area contributed by atoms with Crippen LogP contribution in [0.1, 0.15) is 10.4 Å². The van der Waals surface area contributed by atoms with E-state index in [9.17, 15) is 0 Å². The Balaban J connectivity index is 1.89. The van der Waals surface area contributed by atoms with E-state index < -0.39 is 0 Å². The Labute approximate surface area is 109 Å². The number of halogens is 1. The van der Waals surface area contributed by atoms with Crippen LogP contribution in [-0.2, 0) is 13.1 Å². The molecule has 5 heteroatoms. The molecule has 0 bridgehead atoms. The molecule has 1 aromatic carbocycles. The largest absolute Gasteiger partial charge is 0.495 e. The Kier molecular flexibility index (Phi) is 4.36. The molecule has 3 nitrogen and oxygen atoms in total. The van der Waals surface area contributed by atoms with Crippen LogP contribution in [0.25, 0.3) is 0 Å². The highest BCUT2D eigenvalue weighted by atomic mass is 35.5. The molecule has 0 aliphatic heterocycles. The molecule has 0 saturated heterocycles. The molecule has 0 aliphatic carbocycles. The number of ether oxygens (including phenoxy) is 1. The number of nitrogens with zero attached hydrogens (tertiary/aromatic N) is 1. The molecule has 1 heterocycles. The van der Waals surface area contributed by atoms with Gasteiger partial charge in [-0.15, -0.1) is 11.3 Å². The normalized spacial score (nSPS) is 10.5. The Bertz CT molecular complexity index is 473.